The van der Waals surface area contributed by atoms with Crippen LogP contribution in [0.5, 0.6) is 0 Å². The highest BCUT2D eigenvalue weighted by Gasteiger charge is 2.49. The zero-order valence-electron chi connectivity index (χ0n) is 12.1. The largest absolute Gasteiger partial charge is 0.338 e. The third-order valence-electron chi connectivity index (χ3n) is 4.58. The van der Waals surface area contributed by atoms with Crippen molar-refractivity contribution in [1.29, 1.82) is 0 Å². The third kappa shape index (κ3) is 2.67. The van der Waals surface area contributed by atoms with Crippen molar-refractivity contribution in [1.82, 2.24) is 10.2 Å². The maximum Gasteiger partial charge on any atom is 0.226 e. The van der Waals surface area contributed by atoms with E-state index in [2.05, 4.69) is 5.32 Å². The number of benzene rings is 1. The number of carbonyl (C=O) groups is 1. The Morgan fingerprint density at radius 2 is 2.10 bits per heavy atom. The van der Waals surface area contributed by atoms with Crippen molar-refractivity contribution in [3.63, 3.8) is 0 Å². The summed E-state index contributed by atoms with van der Waals surface area (Å²) < 4.78 is 27.6. The van der Waals surface area contributed by atoms with Gasteiger partial charge in [-0.3, -0.25) is 4.79 Å². The number of halogens is 2. The van der Waals surface area contributed by atoms with E-state index in [1.165, 1.54) is 18.2 Å². The zero-order valence-corrected chi connectivity index (χ0v) is 12.1. The van der Waals surface area contributed by atoms with Gasteiger partial charge < -0.3 is 10.2 Å². The molecule has 0 radical (unpaired) electrons. The van der Waals surface area contributed by atoms with Gasteiger partial charge in [-0.2, -0.15) is 0 Å². The van der Waals surface area contributed by atoms with Gasteiger partial charge >= 0.3 is 0 Å². The summed E-state index contributed by atoms with van der Waals surface area (Å²) >= 11 is 0. The van der Waals surface area contributed by atoms with Gasteiger partial charge in [-0.05, 0) is 38.4 Å². The van der Waals surface area contributed by atoms with Crippen LogP contribution in [0.2, 0.25) is 0 Å². The van der Waals surface area contributed by atoms with E-state index >= 15 is 0 Å². The van der Waals surface area contributed by atoms with Gasteiger partial charge in [0.05, 0.1) is 0 Å². The molecule has 21 heavy (non-hydrogen) atoms. The fourth-order valence-electron chi connectivity index (χ4n) is 3.44. The van der Waals surface area contributed by atoms with E-state index in [-0.39, 0.29) is 29.3 Å². The molecule has 1 N–H and O–H groups in total. The van der Waals surface area contributed by atoms with Crippen LogP contribution in [0.25, 0.3) is 0 Å². The molecule has 3 atom stereocenters. The number of rotatable bonds is 4. The molecule has 1 aliphatic heterocycles. The molecule has 0 spiro atoms. The van der Waals surface area contributed by atoms with Crippen molar-refractivity contribution < 1.29 is 13.6 Å². The second-order valence-electron chi connectivity index (χ2n) is 5.97. The molecule has 2 fully saturated rings. The molecule has 3 nitrogen and oxygen atoms in total. The lowest BCUT2D eigenvalue weighted by atomic mass is 10.1. The maximum atomic E-state index is 13.8. The van der Waals surface area contributed by atoms with E-state index < -0.39 is 11.6 Å². The van der Waals surface area contributed by atoms with Crippen LogP contribution in [0.15, 0.2) is 18.2 Å². The summed E-state index contributed by atoms with van der Waals surface area (Å²) in [5, 5.41) is 3.10. The normalized spacial score (nSPS) is 28.0. The highest BCUT2D eigenvalue weighted by atomic mass is 19.1. The fourth-order valence-corrected chi connectivity index (χ4v) is 3.44. The van der Waals surface area contributed by atoms with E-state index in [1.807, 2.05) is 11.9 Å². The smallest absolute Gasteiger partial charge is 0.226 e. The third-order valence-corrected chi connectivity index (χ3v) is 4.58. The van der Waals surface area contributed by atoms with Gasteiger partial charge in [0, 0.05) is 36.5 Å². The molecule has 1 saturated heterocycles. The molecule has 0 aromatic heterocycles. The van der Waals surface area contributed by atoms with Gasteiger partial charge in [0.15, 0.2) is 0 Å². The first-order valence-electron chi connectivity index (χ1n) is 7.52. The first-order valence-corrected chi connectivity index (χ1v) is 7.52. The molecule has 2 aliphatic rings. The number of carbonyl (C=O) groups excluding carboxylic acids is 1. The highest BCUT2D eigenvalue weighted by molar-refractivity contribution is 5.83. The maximum absolute atomic E-state index is 13.8. The Morgan fingerprint density at radius 1 is 1.38 bits per heavy atom. The molecule has 3 rings (SSSR count). The van der Waals surface area contributed by atoms with Crippen LogP contribution < -0.4 is 5.32 Å². The summed E-state index contributed by atoms with van der Waals surface area (Å²) in [6, 6.07) is 4.10. The van der Waals surface area contributed by atoms with Crippen molar-refractivity contribution >= 4 is 5.91 Å². The monoisotopic (exact) mass is 294 g/mol. The summed E-state index contributed by atoms with van der Waals surface area (Å²) in [5.74, 6) is -1.57. The molecule has 0 unspecified atom stereocenters. The second-order valence-corrected chi connectivity index (χ2v) is 5.97. The molecule has 1 aromatic carbocycles. The standard InChI is InChI=1S/C16H20F2N2O/c1-19-9-10-4-3-7-20(10)16(21)12-8-11(12)15-13(17)5-2-6-14(15)18/h2,5-6,10-12,19H,3-4,7-9H2,1H3/t10-,11+,12+/m0/s1. The van der Waals surface area contributed by atoms with E-state index in [1.54, 1.807) is 0 Å². The fraction of sp³-hybridized carbons (Fsp3) is 0.562. The highest BCUT2D eigenvalue weighted by Crippen LogP contribution is 2.50. The van der Waals surface area contributed by atoms with Gasteiger partial charge in [0.2, 0.25) is 5.91 Å². The lowest BCUT2D eigenvalue weighted by molar-refractivity contribution is -0.133. The van der Waals surface area contributed by atoms with Crippen molar-refractivity contribution in [3.05, 3.63) is 35.4 Å². The quantitative estimate of drug-likeness (QED) is 0.924. The molecule has 5 heteroatoms. The summed E-state index contributed by atoms with van der Waals surface area (Å²) in [7, 11) is 1.87. The average Bonchev–Trinajstić information content (AvgIpc) is 3.09. The summed E-state index contributed by atoms with van der Waals surface area (Å²) in [5.41, 5.74) is 0.0835. The van der Waals surface area contributed by atoms with Crippen LogP contribution >= 0.6 is 0 Å². The van der Waals surface area contributed by atoms with Crippen LogP contribution in [0.1, 0.15) is 30.7 Å². The van der Waals surface area contributed by atoms with Gasteiger partial charge in [-0.1, -0.05) is 6.07 Å². The number of amides is 1. The van der Waals surface area contributed by atoms with E-state index in [4.69, 9.17) is 0 Å². The summed E-state index contributed by atoms with van der Waals surface area (Å²) in [4.78, 5) is 14.4. The van der Waals surface area contributed by atoms with Gasteiger partial charge in [-0.15, -0.1) is 0 Å². The van der Waals surface area contributed by atoms with Crippen LogP contribution in [0.4, 0.5) is 8.78 Å². The summed E-state index contributed by atoms with van der Waals surface area (Å²) in [6.45, 7) is 1.53. The minimum absolute atomic E-state index is 0.0559. The lowest BCUT2D eigenvalue weighted by Gasteiger charge is -2.24. The molecular formula is C16H20F2N2O. The van der Waals surface area contributed by atoms with Gasteiger partial charge in [-0.25, -0.2) is 8.78 Å². The van der Waals surface area contributed by atoms with Crippen LogP contribution in [0.3, 0.4) is 0 Å². The molecule has 1 aliphatic carbocycles. The Kier molecular flexibility index (Phi) is 3.93. The molecule has 0 bridgehead atoms. The number of likely N-dealkylation sites (N-methyl/N-ethyl adjacent to an activating group) is 1. The van der Waals surface area contributed by atoms with E-state index in [0.717, 1.165) is 25.9 Å². The number of nitrogens with zero attached hydrogens (tertiary/aromatic N) is 1. The Bertz CT molecular complexity index is 529. The number of nitrogens with one attached hydrogen (secondary N) is 1. The first kappa shape index (κ1) is 14.4. The second kappa shape index (κ2) is 5.72. The SMILES string of the molecule is CNC[C@@H]1CCCN1C(=O)[C@@H]1C[C@H]1c1c(F)cccc1F. The average molecular weight is 294 g/mol. The molecule has 1 amide bonds. The molecule has 114 valence electrons. The Hall–Kier alpha value is -1.49. The predicted octanol–water partition coefficient (Wildman–Crippen LogP) is 2.28. The number of hydrogen-bond acceptors (Lipinski definition) is 2. The van der Waals surface area contributed by atoms with Crippen molar-refractivity contribution in [2.24, 2.45) is 5.92 Å². The lowest BCUT2D eigenvalue weighted by Crippen LogP contribution is -2.41. The first-order chi connectivity index (χ1) is 10.1. The van der Waals surface area contributed by atoms with Gasteiger partial charge in [0.1, 0.15) is 11.6 Å². The number of likely N-dealkylation sites (tertiary alicyclic amines) is 1. The molecule has 1 aromatic rings. The van der Waals surface area contributed by atoms with Crippen LogP contribution in [0, 0.1) is 17.6 Å². The van der Waals surface area contributed by atoms with Crippen molar-refractivity contribution in [2.75, 3.05) is 20.1 Å². The Balaban J connectivity index is 1.71. The number of hydrogen-bond donors (Lipinski definition) is 1. The van der Waals surface area contributed by atoms with Crippen molar-refractivity contribution in [2.45, 2.75) is 31.2 Å². The minimum atomic E-state index is -0.538. The van der Waals surface area contributed by atoms with Crippen molar-refractivity contribution in [3.8, 4) is 0 Å². The Labute approximate surface area is 123 Å². The minimum Gasteiger partial charge on any atom is -0.338 e. The van der Waals surface area contributed by atoms with E-state index in [0.29, 0.717) is 6.42 Å². The van der Waals surface area contributed by atoms with E-state index in [9.17, 15) is 13.6 Å². The van der Waals surface area contributed by atoms with Gasteiger partial charge in [0.25, 0.3) is 0 Å². The van der Waals surface area contributed by atoms with Crippen LogP contribution in [-0.4, -0.2) is 37.0 Å². The topological polar surface area (TPSA) is 32.3 Å². The molecule has 1 saturated carbocycles. The zero-order chi connectivity index (χ0) is 15.0. The Morgan fingerprint density at radius 3 is 2.76 bits per heavy atom. The molecular weight excluding hydrogens is 274 g/mol. The molecule has 1 heterocycles. The summed E-state index contributed by atoms with van der Waals surface area (Å²) in [6.07, 6.45) is 2.56. The van der Waals surface area contributed by atoms with Crippen LogP contribution in [-0.2, 0) is 4.79 Å². The predicted molar refractivity (Wildman–Crippen MR) is 75.9 cm³/mol.